The standard InChI is InChI=1S/C39H38NSi/c1-28(2)37-26-32(30-15-9-6-10-16-30)27-38(29(37)3)39-36-22-21-35(25-31(36)23-24-40(39)4)41(5,33-17-11-7-12-18-33)34-19-13-8-14-20-34/h6-28H,1-5H3/q+1. The fraction of sp³-hybridized carbons (Fsp3) is 0.154. The van der Waals surface area contributed by atoms with Gasteiger partial charge in [-0.2, -0.15) is 0 Å². The summed E-state index contributed by atoms with van der Waals surface area (Å²) in [5.41, 5.74) is 7.88. The molecule has 0 aliphatic carbocycles. The first kappa shape index (κ1) is 26.9. The second-order valence-corrected chi connectivity index (χ2v) is 15.7. The van der Waals surface area contributed by atoms with Crippen LogP contribution >= 0.6 is 0 Å². The number of benzene rings is 5. The summed E-state index contributed by atoms with van der Waals surface area (Å²) in [5.74, 6) is 0.438. The SMILES string of the molecule is Cc1c(-c2c3ccc([Si](C)(c4ccccc4)c4ccccc4)cc3cc[n+]2C)cc(-c2ccccc2)cc1C(C)C. The summed E-state index contributed by atoms with van der Waals surface area (Å²) in [5, 5.41) is 6.87. The van der Waals surface area contributed by atoms with Gasteiger partial charge in [0, 0.05) is 6.07 Å². The second kappa shape index (κ2) is 11.0. The molecule has 0 aliphatic rings. The van der Waals surface area contributed by atoms with Crippen molar-refractivity contribution < 1.29 is 4.57 Å². The van der Waals surface area contributed by atoms with Crippen LogP contribution in [-0.2, 0) is 7.05 Å². The van der Waals surface area contributed by atoms with Crippen molar-refractivity contribution in [2.75, 3.05) is 0 Å². The average molecular weight is 549 g/mol. The van der Waals surface area contributed by atoms with Crippen molar-refractivity contribution in [3.8, 4) is 22.4 Å². The molecule has 0 fully saturated rings. The molecular weight excluding hydrogens is 511 g/mol. The zero-order valence-corrected chi connectivity index (χ0v) is 25.7. The Hall–Kier alpha value is -4.27. The van der Waals surface area contributed by atoms with E-state index in [1.807, 2.05) is 0 Å². The Balaban J connectivity index is 1.59. The first-order valence-electron chi connectivity index (χ1n) is 14.6. The molecule has 0 aliphatic heterocycles. The van der Waals surface area contributed by atoms with E-state index in [0.717, 1.165) is 0 Å². The van der Waals surface area contributed by atoms with Crippen LogP contribution in [0, 0.1) is 6.92 Å². The molecule has 1 heterocycles. The van der Waals surface area contributed by atoms with Crippen LogP contribution in [0.25, 0.3) is 33.2 Å². The van der Waals surface area contributed by atoms with E-state index in [2.05, 4.69) is 173 Å². The Kier molecular flexibility index (Phi) is 7.19. The Labute approximate surface area is 245 Å². The van der Waals surface area contributed by atoms with Crippen molar-refractivity contribution >= 4 is 34.4 Å². The van der Waals surface area contributed by atoms with Gasteiger partial charge in [0.25, 0.3) is 0 Å². The molecule has 0 atom stereocenters. The molecule has 0 saturated heterocycles. The van der Waals surface area contributed by atoms with Crippen LogP contribution in [0.2, 0.25) is 6.55 Å². The van der Waals surface area contributed by atoms with Gasteiger partial charge in [-0.25, -0.2) is 4.57 Å². The Bertz CT molecular complexity index is 1780. The highest BCUT2D eigenvalue weighted by Crippen LogP contribution is 2.36. The highest BCUT2D eigenvalue weighted by molar-refractivity contribution is 7.10. The van der Waals surface area contributed by atoms with Gasteiger partial charge < -0.3 is 0 Å². The quantitative estimate of drug-likeness (QED) is 0.115. The van der Waals surface area contributed by atoms with Crippen molar-refractivity contribution in [3.05, 3.63) is 145 Å². The molecule has 202 valence electrons. The van der Waals surface area contributed by atoms with Gasteiger partial charge in [0.05, 0.1) is 10.9 Å². The van der Waals surface area contributed by atoms with E-state index >= 15 is 0 Å². The first-order chi connectivity index (χ1) is 19.9. The van der Waals surface area contributed by atoms with E-state index in [9.17, 15) is 0 Å². The summed E-state index contributed by atoms with van der Waals surface area (Å²) in [6, 6.07) is 47.3. The number of rotatable bonds is 6. The number of fused-ring (bicyclic) bond motifs is 1. The Morgan fingerprint density at radius 1 is 0.610 bits per heavy atom. The number of aromatic nitrogens is 1. The minimum atomic E-state index is -2.20. The number of aryl methyl sites for hydroxylation is 1. The molecule has 0 amide bonds. The summed E-state index contributed by atoms with van der Waals surface area (Å²) in [6.07, 6.45) is 2.23. The number of hydrogen-bond donors (Lipinski definition) is 0. The van der Waals surface area contributed by atoms with Crippen LogP contribution in [0.5, 0.6) is 0 Å². The van der Waals surface area contributed by atoms with Gasteiger partial charge in [0.15, 0.2) is 6.20 Å². The van der Waals surface area contributed by atoms with Crippen LogP contribution in [0.1, 0.15) is 30.9 Å². The second-order valence-electron chi connectivity index (χ2n) is 11.7. The zero-order valence-electron chi connectivity index (χ0n) is 24.7. The molecule has 5 aromatic carbocycles. The van der Waals surface area contributed by atoms with Crippen molar-refractivity contribution in [3.63, 3.8) is 0 Å². The topological polar surface area (TPSA) is 3.88 Å². The van der Waals surface area contributed by atoms with Gasteiger partial charge in [-0.3, -0.25) is 0 Å². The Morgan fingerprint density at radius 3 is 1.78 bits per heavy atom. The molecule has 2 heteroatoms. The normalized spacial score (nSPS) is 11.8. The van der Waals surface area contributed by atoms with E-state index in [1.165, 1.54) is 59.8 Å². The molecule has 0 spiro atoms. The maximum absolute atomic E-state index is 2.49. The van der Waals surface area contributed by atoms with Crippen molar-refractivity contribution in [2.45, 2.75) is 33.2 Å². The molecule has 0 unspecified atom stereocenters. The molecule has 1 nitrogen and oxygen atoms in total. The monoisotopic (exact) mass is 548 g/mol. The lowest BCUT2D eigenvalue weighted by atomic mass is 9.87. The predicted octanol–water partition coefficient (Wildman–Crippen LogP) is 7.53. The van der Waals surface area contributed by atoms with Crippen LogP contribution in [0.4, 0.5) is 0 Å². The summed E-state index contributed by atoms with van der Waals surface area (Å²) in [6.45, 7) is 9.39. The lowest BCUT2D eigenvalue weighted by Crippen LogP contribution is -2.64. The maximum atomic E-state index is 2.49. The lowest BCUT2D eigenvalue weighted by molar-refractivity contribution is -0.659. The van der Waals surface area contributed by atoms with E-state index in [-0.39, 0.29) is 0 Å². The molecule has 0 radical (unpaired) electrons. The number of hydrogen-bond acceptors (Lipinski definition) is 0. The van der Waals surface area contributed by atoms with Gasteiger partial charge in [0.2, 0.25) is 5.69 Å². The lowest BCUT2D eigenvalue weighted by Gasteiger charge is -2.29. The van der Waals surface area contributed by atoms with Gasteiger partial charge in [0.1, 0.15) is 15.1 Å². The minimum absolute atomic E-state index is 0.438. The minimum Gasteiger partial charge on any atom is -0.200 e. The summed E-state index contributed by atoms with van der Waals surface area (Å²) in [7, 11) is -0.0201. The van der Waals surface area contributed by atoms with Crippen molar-refractivity contribution in [1.82, 2.24) is 0 Å². The largest absolute Gasteiger partial charge is 0.220 e. The molecule has 0 saturated carbocycles. The zero-order chi connectivity index (χ0) is 28.6. The van der Waals surface area contributed by atoms with Crippen LogP contribution in [-0.4, -0.2) is 8.07 Å². The van der Waals surface area contributed by atoms with E-state index in [4.69, 9.17) is 0 Å². The van der Waals surface area contributed by atoms with Gasteiger partial charge in [-0.15, -0.1) is 0 Å². The summed E-state index contributed by atoms with van der Waals surface area (Å²) >= 11 is 0. The van der Waals surface area contributed by atoms with E-state index in [0.29, 0.717) is 5.92 Å². The van der Waals surface area contributed by atoms with E-state index in [1.54, 1.807) is 0 Å². The predicted molar refractivity (Wildman–Crippen MR) is 178 cm³/mol. The highest BCUT2D eigenvalue weighted by atomic mass is 28.3. The molecule has 0 N–H and O–H groups in total. The van der Waals surface area contributed by atoms with Crippen molar-refractivity contribution in [1.29, 1.82) is 0 Å². The molecule has 6 aromatic rings. The van der Waals surface area contributed by atoms with Gasteiger partial charge in [-0.1, -0.05) is 130 Å². The summed E-state index contributed by atoms with van der Waals surface area (Å²) in [4.78, 5) is 0. The molecule has 0 bridgehead atoms. The van der Waals surface area contributed by atoms with Crippen LogP contribution < -0.4 is 20.1 Å². The highest BCUT2D eigenvalue weighted by Gasteiger charge is 2.34. The van der Waals surface area contributed by atoms with Gasteiger partial charge in [-0.05, 0) is 68.2 Å². The fourth-order valence-corrected chi connectivity index (χ4v) is 10.0. The molecule has 6 rings (SSSR count). The number of pyridine rings is 1. The smallest absolute Gasteiger partial charge is 0.200 e. The Morgan fingerprint density at radius 2 is 1.20 bits per heavy atom. The third-order valence-corrected chi connectivity index (χ3v) is 13.3. The van der Waals surface area contributed by atoms with Crippen LogP contribution in [0.3, 0.4) is 0 Å². The summed E-state index contributed by atoms with van der Waals surface area (Å²) < 4.78 is 2.30. The molecule has 1 aromatic heterocycles. The molecular formula is C39H38NSi+. The molecule has 41 heavy (non-hydrogen) atoms. The number of nitrogens with zero attached hydrogens (tertiary/aromatic N) is 1. The first-order valence-corrected chi connectivity index (χ1v) is 17.1. The van der Waals surface area contributed by atoms with Crippen LogP contribution in [0.15, 0.2) is 134 Å². The van der Waals surface area contributed by atoms with Crippen molar-refractivity contribution in [2.24, 2.45) is 7.05 Å². The third kappa shape index (κ3) is 4.83. The average Bonchev–Trinajstić information content (AvgIpc) is 3.02. The van der Waals surface area contributed by atoms with E-state index < -0.39 is 8.07 Å². The fourth-order valence-electron chi connectivity index (χ4n) is 6.44. The maximum Gasteiger partial charge on any atom is 0.220 e. The third-order valence-electron chi connectivity index (χ3n) is 8.85. The van der Waals surface area contributed by atoms with Gasteiger partial charge >= 0.3 is 0 Å².